The second-order valence-corrected chi connectivity index (χ2v) is 11.6. The number of rotatable bonds is 6. The molecule has 43 heavy (non-hydrogen) atoms. The fourth-order valence-electron chi connectivity index (χ4n) is 5.10. The number of halogens is 8. The zero-order valence-electron chi connectivity index (χ0n) is 23.1. The van der Waals surface area contributed by atoms with Crippen LogP contribution in [0, 0.1) is 0 Å². The quantitative estimate of drug-likeness (QED) is 0.282. The van der Waals surface area contributed by atoms with E-state index in [2.05, 4.69) is 4.98 Å². The van der Waals surface area contributed by atoms with Gasteiger partial charge in [0.1, 0.15) is 5.82 Å². The number of β-amino-alcohol motifs (C(OH)–C–C–N with tert-alkyl or cyclic N) is 1. The zero-order chi connectivity index (χ0) is 32.1. The number of aliphatic hydroxyl groups excluding tert-OH is 2. The van der Waals surface area contributed by atoms with E-state index in [0.29, 0.717) is 29.1 Å². The second-order valence-electron chi connectivity index (χ2n) is 10.8. The van der Waals surface area contributed by atoms with Crippen molar-refractivity contribution in [1.29, 1.82) is 0 Å². The third-order valence-corrected chi connectivity index (χ3v) is 8.34. The first-order chi connectivity index (χ1) is 19.9. The first kappa shape index (κ1) is 32.8. The average Bonchev–Trinajstić information content (AvgIpc) is 3.32. The van der Waals surface area contributed by atoms with E-state index in [4.69, 9.17) is 23.2 Å². The molecule has 1 aliphatic rings. The lowest BCUT2D eigenvalue weighted by Crippen LogP contribution is -2.42. The molecule has 1 aromatic heterocycles. The molecule has 0 radical (unpaired) electrons. The number of aliphatic hydroxyl groups is 2. The SMILES string of the molecule is CN(C(=O)C(C)(C)c1cc(C(F)(F)F)cc(C(F)(F)F)c1)c1cnc(N2C[C@@H](O)C[C@H]2CO)cc1-c1cccc(Cl)c1Cl. The summed E-state index contributed by atoms with van der Waals surface area (Å²) in [4.78, 5) is 21.1. The van der Waals surface area contributed by atoms with E-state index in [1.54, 1.807) is 23.1 Å². The summed E-state index contributed by atoms with van der Waals surface area (Å²) in [5.74, 6) is -0.503. The van der Waals surface area contributed by atoms with Crippen LogP contribution in [0.5, 0.6) is 0 Å². The highest BCUT2D eigenvalue weighted by Crippen LogP contribution is 2.43. The number of carbonyl (C=O) groups is 1. The van der Waals surface area contributed by atoms with Gasteiger partial charge in [0.25, 0.3) is 0 Å². The number of hydrogen-bond acceptors (Lipinski definition) is 5. The predicted molar refractivity (Wildman–Crippen MR) is 151 cm³/mol. The lowest BCUT2D eigenvalue weighted by atomic mass is 9.81. The molecule has 1 saturated heterocycles. The highest BCUT2D eigenvalue weighted by molar-refractivity contribution is 6.43. The van der Waals surface area contributed by atoms with Crippen molar-refractivity contribution in [1.82, 2.24) is 4.98 Å². The predicted octanol–water partition coefficient (Wildman–Crippen LogP) is 6.97. The van der Waals surface area contributed by atoms with Crippen LogP contribution in [-0.4, -0.2) is 53.4 Å². The molecule has 14 heteroatoms. The Bertz CT molecular complexity index is 1500. The van der Waals surface area contributed by atoms with Crippen LogP contribution in [0.15, 0.2) is 48.7 Å². The van der Waals surface area contributed by atoms with Crippen LogP contribution < -0.4 is 9.80 Å². The molecule has 6 nitrogen and oxygen atoms in total. The van der Waals surface area contributed by atoms with Crippen molar-refractivity contribution in [2.45, 2.75) is 50.2 Å². The maximum absolute atomic E-state index is 13.9. The van der Waals surface area contributed by atoms with Gasteiger partial charge in [-0.05, 0) is 56.2 Å². The largest absolute Gasteiger partial charge is 0.416 e. The van der Waals surface area contributed by atoms with Gasteiger partial charge in [-0.25, -0.2) is 4.98 Å². The number of alkyl halides is 6. The Morgan fingerprint density at radius 2 is 1.58 bits per heavy atom. The van der Waals surface area contributed by atoms with Crippen LogP contribution in [0.2, 0.25) is 10.0 Å². The second kappa shape index (κ2) is 11.8. The molecular weight excluding hydrogens is 623 g/mol. The summed E-state index contributed by atoms with van der Waals surface area (Å²) in [6.45, 7) is 2.36. The molecule has 2 N–H and O–H groups in total. The van der Waals surface area contributed by atoms with E-state index >= 15 is 0 Å². The van der Waals surface area contributed by atoms with Crippen molar-refractivity contribution in [3.8, 4) is 11.1 Å². The Labute approximate surface area is 253 Å². The van der Waals surface area contributed by atoms with E-state index in [1.165, 1.54) is 33.2 Å². The van der Waals surface area contributed by atoms with E-state index in [0.717, 1.165) is 4.90 Å². The highest BCUT2D eigenvalue weighted by atomic mass is 35.5. The molecule has 3 aromatic rings. The number of amides is 1. The number of anilines is 2. The summed E-state index contributed by atoms with van der Waals surface area (Å²) in [6.07, 6.45) is -9.31. The summed E-state index contributed by atoms with van der Waals surface area (Å²) in [7, 11) is 1.32. The fraction of sp³-hybridized carbons (Fsp3) is 0.379. The van der Waals surface area contributed by atoms with Crippen molar-refractivity contribution >= 4 is 40.6 Å². The third kappa shape index (κ3) is 6.57. The van der Waals surface area contributed by atoms with Gasteiger partial charge in [0.15, 0.2) is 0 Å². The maximum atomic E-state index is 13.9. The maximum Gasteiger partial charge on any atom is 0.416 e. The minimum Gasteiger partial charge on any atom is -0.394 e. The summed E-state index contributed by atoms with van der Waals surface area (Å²) < 4.78 is 81.4. The van der Waals surface area contributed by atoms with E-state index in [1.807, 2.05) is 0 Å². The third-order valence-electron chi connectivity index (χ3n) is 7.52. The van der Waals surface area contributed by atoms with Gasteiger partial charge < -0.3 is 20.0 Å². The Balaban J connectivity index is 1.84. The summed E-state index contributed by atoms with van der Waals surface area (Å²) in [5, 5.41) is 20.3. The molecule has 232 valence electrons. The van der Waals surface area contributed by atoms with Gasteiger partial charge in [0.2, 0.25) is 5.91 Å². The van der Waals surface area contributed by atoms with E-state index in [9.17, 15) is 41.4 Å². The molecule has 4 rings (SSSR count). The minimum atomic E-state index is -5.09. The zero-order valence-corrected chi connectivity index (χ0v) is 24.6. The smallest absolute Gasteiger partial charge is 0.394 e. The lowest BCUT2D eigenvalue weighted by molar-refractivity contribution is -0.143. The molecule has 1 aliphatic heterocycles. The van der Waals surface area contributed by atoms with Crippen LogP contribution in [0.3, 0.4) is 0 Å². The van der Waals surface area contributed by atoms with Crippen LogP contribution in [0.1, 0.15) is 37.0 Å². The van der Waals surface area contributed by atoms with Crippen LogP contribution in [-0.2, 0) is 22.6 Å². The van der Waals surface area contributed by atoms with Crippen molar-refractivity contribution in [3.05, 3.63) is 75.4 Å². The molecule has 2 atom stereocenters. The van der Waals surface area contributed by atoms with Crippen molar-refractivity contribution in [3.63, 3.8) is 0 Å². The standard InChI is InChI=1S/C29H27Cl2F6N3O3/c1-27(2,15-7-16(28(32,33)34)9-17(8-15)29(35,36)37)26(43)39(3)23-12-38-24(40-13-19(42)10-18(40)14-41)11-21(23)20-5-4-6-22(30)25(20)31/h4-9,11-12,18-19,41-42H,10,13-14H2,1-3H3/t18-,19-/m0/s1. The topological polar surface area (TPSA) is 76.9 Å². The number of aromatic nitrogens is 1. The Morgan fingerprint density at radius 1 is 1.00 bits per heavy atom. The van der Waals surface area contributed by atoms with Gasteiger partial charge in [0.05, 0.1) is 57.2 Å². The monoisotopic (exact) mass is 649 g/mol. The van der Waals surface area contributed by atoms with Gasteiger partial charge in [-0.3, -0.25) is 4.79 Å². The summed E-state index contributed by atoms with van der Waals surface area (Å²) in [6, 6.07) is 6.95. The van der Waals surface area contributed by atoms with Crippen molar-refractivity contribution in [2.24, 2.45) is 0 Å². The molecule has 0 saturated carbocycles. The van der Waals surface area contributed by atoms with Crippen LogP contribution >= 0.6 is 23.2 Å². The van der Waals surface area contributed by atoms with E-state index in [-0.39, 0.29) is 41.4 Å². The fourth-order valence-corrected chi connectivity index (χ4v) is 5.50. The van der Waals surface area contributed by atoms with E-state index < -0.39 is 52.5 Å². The summed E-state index contributed by atoms with van der Waals surface area (Å²) >= 11 is 12.8. The number of benzene rings is 2. The number of nitrogens with zero attached hydrogens (tertiary/aromatic N) is 3. The van der Waals surface area contributed by atoms with Crippen LogP contribution in [0.25, 0.3) is 11.1 Å². The molecule has 1 fully saturated rings. The Kier molecular flexibility index (Phi) is 9.01. The average molecular weight is 650 g/mol. The van der Waals surface area contributed by atoms with Gasteiger partial charge in [-0.2, -0.15) is 26.3 Å². The molecule has 0 bridgehead atoms. The van der Waals surface area contributed by atoms with Gasteiger partial charge in [-0.15, -0.1) is 0 Å². The number of hydrogen-bond donors (Lipinski definition) is 2. The van der Waals surface area contributed by atoms with Crippen molar-refractivity contribution in [2.75, 3.05) is 30.0 Å². The first-order valence-corrected chi connectivity index (χ1v) is 13.7. The molecule has 1 amide bonds. The van der Waals surface area contributed by atoms with Crippen LogP contribution in [0.4, 0.5) is 37.8 Å². The lowest BCUT2D eigenvalue weighted by Gasteiger charge is -2.32. The first-order valence-electron chi connectivity index (χ1n) is 12.9. The molecule has 0 unspecified atom stereocenters. The Hall–Kier alpha value is -3.06. The normalized spacial score (nSPS) is 17.8. The molecule has 2 aromatic carbocycles. The molecular formula is C29H27Cl2F6N3O3. The van der Waals surface area contributed by atoms with Gasteiger partial charge >= 0.3 is 12.4 Å². The molecule has 0 spiro atoms. The molecule has 2 heterocycles. The van der Waals surface area contributed by atoms with Crippen molar-refractivity contribution < 1.29 is 41.4 Å². The number of likely N-dealkylation sites (N-methyl/N-ethyl adjacent to an activating group) is 1. The van der Waals surface area contributed by atoms with Gasteiger partial charge in [0, 0.05) is 24.7 Å². The highest BCUT2D eigenvalue weighted by Gasteiger charge is 2.41. The molecule has 0 aliphatic carbocycles. The number of carbonyl (C=O) groups excluding carboxylic acids is 1. The minimum absolute atomic E-state index is 0.00457. The van der Waals surface area contributed by atoms with Gasteiger partial charge in [-0.1, -0.05) is 35.3 Å². The summed E-state index contributed by atoms with van der Waals surface area (Å²) in [5.41, 5.74) is -4.62. The Morgan fingerprint density at radius 3 is 2.14 bits per heavy atom. The number of pyridine rings is 1.